The number of aromatic nitrogens is 1. The molecule has 0 radical (unpaired) electrons. The largest absolute Gasteiger partial charge is 0.352 e. The third-order valence-corrected chi connectivity index (χ3v) is 6.86. The zero-order valence-corrected chi connectivity index (χ0v) is 20.3. The lowest BCUT2D eigenvalue weighted by atomic mass is 9.84. The number of fused-ring (bicyclic) bond motifs is 1. The first kappa shape index (κ1) is 24.8. The first-order chi connectivity index (χ1) is 16.3. The van der Waals surface area contributed by atoms with Gasteiger partial charge in [-0.05, 0) is 55.8 Å². The fraction of sp³-hybridized carbons (Fsp3) is 0.320. The van der Waals surface area contributed by atoms with E-state index in [2.05, 4.69) is 10.3 Å². The molecule has 1 aromatic heterocycles. The quantitative estimate of drug-likeness (QED) is 0.463. The molecule has 1 N–H and O–H groups in total. The van der Waals surface area contributed by atoms with Crippen LogP contribution in [-0.4, -0.2) is 28.2 Å². The minimum absolute atomic E-state index is 0.0106. The molecule has 1 aliphatic heterocycles. The monoisotopic (exact) mass is 505 g/mol. The van der Waals surface area contributed by atoms with E-state index in [1.54, 1.807) is 6.92 Å². The van der Waals surface area contributed by atoms with Crippen molar-refractivity contribution >= 4 is 28.8 Å². The molecule has 2 heterocycles. The molecule has 10 heteroatoms. The maximum Gasteiger partial charge on any atom is 0.352 e. The van der Waals surface area contributed by atoms with Gasteiger partial charge in [-0.15, -0.1) is 11.3 Å². The second kappa shape index (κ2) is 8.75. The number of carbonyl (C=O) groups excluding carboxylic acids is 2. The van der Waals surface area contributed by atoms with E-state index in [9.17, 15) is 18.4 Å². The summed E-state index contributed by atoms with van der Waals surface area (Å²) < 4.78 is 58.8. The molecule has 35 heavy (non-hydrogen) atoms. The molecule has 0 saturated carbocycles. The summed E-state index contributed by atoms with van der Waals surface area (Å²) >= 11 is 1.33. The molecule has 0 spiro atoms. The number of benzene rings is 2. The van der Waals surface area contributed by atoms with Crippen LogP contribution in [0.25, 0.3) is 0 Å². The molecule has 0 aliphatic carbocycles. The Balaban J connectivity index is 1.61. The topological polar surface area (TPSA) is 62.3 Å². The van der Waals surface area contributed by atoms with Crippen LogP contribution in [-0.2, 0) is 22.7 Å². The Labute approximate surface area is 203 Å². The van der Waals surface area contributed by atoms with Crippen LogP contribution >= 0.6 is 11.3 Å². The zero-order chi connectivity index (χ0) is 25.7. The van der Waals surface area contributed by atoms with Gasteiger partial charge in [0.2, 0.25) is 0 Å². The highest BCUT2D eigenvalue weighted by Gasteiger charge is 2.49. The lowest BCUT2D eigenvalue weighted by Gasteiger charge is -2.38. The van der Waals surface area contributed by atoms with Gasteiger partial charge in [-0.3, -0.25) is 9.59 Å². The van der Waals surface area contributed by atoms with Gasteiger partial charge in [0.05, 0.1) is 22.8 Å². The summed E-state index contributed by atoms with van der Waals surface area (Å²) in [6.45, 7) is 6.87. The van der Waals surface area contributed by atoms with Gasteiger partial charge in [0, 0.05) is 28.1 Å². The van der Waals surface area contributed by atoms with Gasteiger partial charge in [-0.2, -0.15) is 8.78 Å². The Bertz CT molecular complexity index is 1340. The standard InChI is InChI=1S/C25H23F4N3O2S/c1-13-9-16(6-8-18(13)26)31-22(33)15-5-7-19(27)17(10-15)25(28,29)23(34)32-11-20-21(24(3,4)12-32)30-14(2)35-20/h5-10H,11-12H2,1-4H3,(H,31,33). The normalized spacial score (nSPS) is 15.0. The van der Waals surface area contributed by atoms with E-state index in [1.807, 2.05) is 13.8 Å². The van der Waals surface area contributed by atoms with Gasteiger partial charge >= 0.3 is 5.92 Å². The van der Waals surface area contributed by atoms with Crippen LogP contribution in [0.3, 0.4) is 0 Å². The summed E-state index contributed by atoms with van der Waals surface area (Å²) in [4.78, 5) is 31.8. The molecule has 0 saturated heterocycles. The van der Waals surface area contributed by atoms with E-state index >= 15 is 8.78 Å². The highest BCUT2D eigenvalue weighted by molar-refractivity contribution is 7.11. The number of thiazole rings is 1. The highest BCUT2D eigenvalue weighted by atomic mass is 32.1. The molecule has 0 unspecified atom stereocenters. The van der Waals surface area contributed by atoms with Crippen LogP contribution in [0.1, 0.15) is 50.9 Å². The number of aryl methyl sites for hydroxylation is 2. The molecular formula is C25H23F4N3O2S. The minimum Gasteiger partial charge on any atom is -0.331 e. The number of amides is 2. The number of anilines is 1. The fourth-order valence-corrected chi connectivity index (χ4v) is 5.31. The molecule has 4 rings (SSSR count). The number of nitrogens with zero attached hydrogens (tertiary/aromatic N) is 2. The van der Waals surface area contributed by atoms with Gasteiger partial charge < -0.3 is 10.2 Å². The van der Waals surface area contributed by atoms with Gasteiger partial charge in [0.25, 0.3) is 11.8 Å². The van der Waals surface area contributed by atoms with E-state index in [-0.39, 0.29) is 29.9 Å². The van der Waals surface area contributed by atoms with Crippen LogP contribution in [0.5, 0.6) is 0 Å². The van der Waals surface area contributed by atoms with E-state index in [1.165, 1.54) is 30.4 Å². The van der Waals surface area contributed by atoms with E-state index in [0.717, 1.165) is 33.8 Å². The van der Waals surface area contributed by atoms with E-state index < -0.39 is 40.3 Å². The number of hydrogen-bond acceptors (Lipinski definition) is 4. The van der Waals surface area contributed by atoms with Crippen molar-refractivity contribution in [2.45, 2.75) is 45.6 Å². The average molecular weight is 506 g/mol. The third-order valence-electron chi connectivity index (χ3n) is 5.90. The second-order valence-electron chi connectivity index (χ2n) is 9.24. The molecule has 0 bridgehead atoms. The summed E-state index contributed by atoms with van der Waals surface area (Å²) in [5.74, 6) is -8.33. The number of halogens is 4. The van der Waals surface area contributed by atoms with Crippen molar-refractivity contribution in [1.29, 1.82) is 0 Å². The number of alkyl halides is 2. The Morgan fingerprint density at radius 3 is 2.46 bits per heavy atom. The minimum atomic E-state index is -4.21. The van der Waals surface area contributed by atoms with Crippen molar-refractivity contribution in [2.24, 2.45) is 0 Å². The van der Waals surface area contributed by atoms with Crippen molar-refractivity contribution in [2.75, 3.05) is 11.9 Å². The predicted molar refractivity (Wildman–Crippen MR) is 125 cm³/mol. The van der Waals surface area contributed by atoms with Crippen LogP contribution in [0.15, 0.2) is 36.4 Å². The summed E-state index contributed by atoms with van der Waals surface area (Å²) in [5, 5.41) is 3.24. The molecule has 5 nitrogen and oxygen atoms in total. The van der Waals surface area contributed by atoms with Crippen molar-refractivity contribution in [1.82, 2.24) is 9.88 Å². The number of rotatable bonds is 4. The first-order valence-electron chi connectivity index (χ1n) is 10.8. The van der Waals surface area contributed by atoms with Gasteiger partial charge in [0.1, 0.15) is 11.6 Å². The Kier molecular flexibility index (Phi) is 6.21. The van der Waals surface area contributed by atoms with Crippen LogP contribution < -0.4 is 5.32 Å². The van der Waals surface area contributed by atoms with Crippen molar-refractivity contribution in [3.05, 3.63) is 80.3 Å². The molecule has 3 aromatic rings. The van der Waals surface area contributed by atoms with Crippen LogP contribution in [0.2, 0.25) is 0 Å². The molecule has 1 aliphatic rings. The average Bonchev–Trinajstić information content (AvgIpc) is 3.17. The maximum absolute atomic E-state index is 15.4. The number of carbonyl (C=O) groups is 2. The van der Waals surface area contributed by atoms with E-state index in [0.29, 0.717) is 10.9 Å². The summed E-state index contributed by atoms with van der Waals surface area (Å²) in [6, 6.07) is 6.30. The highest BCUT2D eigenvalue weighted by Crippen LogP contribution is 2.40. The molecular weight excluding hydrogens is 482 g/mol. The number of hydrogen-bond donors (Lipinski definition) is 1. The van der Waals surface area contributed by atoms with Crippen LogP contribution in [0, 0.1) is 25.5 Å². The van der Waals surface area contributed by atoms with Gasteiger partial charge in [-0.25, -0.2) is 13.8 Å². The number of nitrogens with one attached hydrogen (secondary N) is 1. The molecule has 2 amide bonds. The van der Waals surface area contributed by atoms with Crippen molar-refractivity contribution < 1.29 is 27.2 Å². The Morgan fingerprint density at radius 2 is 1.77 bits per heavy atom. The van der Waals surface area contributed by atoms with Gasteiger partial charge in [0.15, 0.2) is 0 Å². The maximum atomic E-state index is 15.4. The van der Waals surface area contributed by atoms with Crippen LogP contribution in [0.4, 0.5) is 23.2 Å². The molecule has 0 atom stereocenters. The SMILES string of the molecule is Cc1nc2c(s1)CN(C(=O)C(F)(F)c1cc(C(=O)Nc3ccc(F)c(C)c3)ccc1F)CC2(C)C. The lowest BCUT2D eigenvalue weighted by Crippen LogP contribution is -2.49. The fourth-order valence-electron chi connectivity index (χ4n) is 4.18. The molecule has 184 valence electrons. The van der Waals surface area contributed by atoms with E-state index in [4.69, 9.17) is 0 Å². The Morgan fingerprint density at radius 1 is 1.09 bits per heavy atom. The Hall–Kier alpha value is -3.27. The van der Waals surface area contributed by atoms with Crippen molar-refractivity contribution in [3.8, 4) is 0 Å². The first-order valence-corrected chi connectivity index (χ1v) is 11.6. The second-order valence-corrected chi connectivity index (χ2v) is 10.5. The smallest absolute Gasteiger partial charge is 0.331 e. The molecule has 2 aromatic carbocycles. The zero-order valence-electron chi connectivity index (χ0n) is 19.5. The molecule has 0 fully saturated rings. The summed E-state index contributed by atoms with van der Waals surface area (Å²) in [6.07, 6.45) is 0. The van der Waals surface area contributed by atoms with Crippen molar-refractivity contribution in [3.63, 3.8) is 0 Å². The summed E-state index contributed by atoms with van der Waals surface area (Å²) in [5.41, 5.74) is -0.812. The predicted octanol–water partition coefficient (Wildman–Crippen LogP) is 5.70. The van der Waals surface area contributed by atoms with Gasteiger partial charge in [-0.1, -0.05) is 13.8 Å². The third kappa shape index (κ3) is 4.67. The summed E-state index contributed by atoms with van der Waals surface area (Å²) in [7, 11) is 0. The lowest BCUT2D eigenvalue weighted by molar-refractivity contribution is -0.161.